The van der Waals surface area contributed by atoms with Gasteiger partial charge in [0.1, 0.15) is 0 Å². The lowest BCUT2D eigenvalue weighted by atomic mass is 9.70. The van der Waals surface area contributed by atoms with Crippen LogP contribution >= 0.6 is 0 Å². The molecule has 2 heteroatoms. The molecule has 2 fully saturated rings. The molecule has 2 unspecified atom stereocenters. The highest BCUT2D eigenvalue weighted by molar-refractivity contribution is 5.38. The van der Waals surface area contributed by atoms with Crippen LogP contribution in [0, 0.1) is 11.8 Å². The Morgan fingerprint density at radius 2 is 1.75 bits per heavy atom. The molecule has 2 saturated carbocycles. The summed E-state index contributed by atoms with van der Waals surface area (Å²) in [5, 5.41) is 0. The summed E-state index contributed by atoms with van der Waals surface area (Å²) in [7, 11) is 0. The van der Waals surface area contributed by atoms with Crippen LogP contribution in [0.2, 0.25) is 0 Å². The van der Waals surface area contributed by atoms with Crippen molar-refractivity contribution in [3.8, 4) is 0 Å². The minimum Gasteiger partial charge on any atom is -0.321 e. The fraction of sp³-hybridized carbons (Fsp3) is 0.900. The first-order valence-electron chi connectivity index (χ1n) is 5.03. The standard InChI is InChI=1S/C10H15O2/c1-7-2-9-4-8(1)5-10(3-7)12-6-11-9/h6-10H,1-5H2/q+1. The number of rotatable bonds is 0. The van der Waals surface area contributed by atoms with E-state index in [1.54, 1.807) is 6.47 Å². The van der Waals surface area contributed by atoms with Gasteiger partial charge in [0.2, 0.25) is 0 Å². The molecule has 4 rings (SSSR count). The predicted octanol–water partition coefficient (Wildman–Crippen LogP) is 1.66. The monoisotopic (exact) mass is 167 g/mol. The number of fused-ring (bicyclic) bond motifs is 1. The van der Waals surface area contributed by atoms with E-state index in [1.807, 2.05) is 0 Å². The highest BCUT2D eigenvalue weighted by Crippen LogP contribution is 2.41. The van der Waals surface area contributed by atoms with Gasteiger partial charge in [0, 0.05) is 25.7 Å². The quantitative estimate of drug-likeness (QED) is 0.397. The van der Waals surface area contributed by atoms with Gasteiger partial charge in [0.05, 0.1) is 0 Å². The van der Waals surface area contributed by atoms with Gasteiger partial charge in [0.15, 0.2) is 12.2 Å². The molecular weight excluding hydrogens is 152 g/mol. The average molecular weight is 167 g/mol. The van der Waals surface area contributed by atoms with Gasteiger partial charge in [-0.05, 0) is 18.3 Å². The summed E-state index contributed by atoms with van der Waals surface area (Å²) < 4.78 is 11.0. The van der Waals surface area contributed by atoms with Crippen molar-refractivity contribution < 1.29 is 9.16 Å². The topological polar surface area (TPSA) is 20.5 Å². The number of carbonyl (C=O) groups excluding carboxylic acids is 1. The molecule has 2 atom stereocenters. The Kier molecular flexibility index (Phi) is 1.43. The Bertz CT molecular complexity index is 198. The van der Waals surface area contributed by atoms with E-state index in [9.17, 15) is 0 Å². The van der Waals surface area contributed by atoms with Crippen LogP contribution in [0.1, 0.15) is 32.1 Å². The highest BCUT2D eigenvalue weighted by atomic mass is 16.6. The van der Waals surface area contributed by atoms with E-state index in [1.165, 1.54) is 32.1 Å². The van der Waals surface area contributed by atoms with Crippen LogP contribution in [0.3, 0.4) is 0 Å². The van der Waals surface area contributed by atoms with Crippen LogP contribution in [-0.4, -0.2) is 18.7 Å². The fourth-order valence-corrected chi connectivity index (χ4v) is 3.14. The Morgan fingerprint density at radius 3 is 2.50 bits per heavy atom. The molecule has 2 aliphatic carbocycles. The molecule has 4 aliphatic rings. The molecule has 0 spiro atoms. The lowest BCUT2D eigenvalue weighted by molar-refractivity contribution is -0.520. The third-order valence-electron chi connectivity index (χ3n) is 3.55. The molecule has 2 heterocycles. The first kappa shape index (κ1) is 6.93. The number of ether oxygens (including phenoxy) is 1. The molecule has 2 nitrogen and oxygen atoms in total. The van der Waals surface area contributed by atoms with Crippen LogP contribution in [0.4, 0.5) is 0 Å². The van der Waals surface area contributed by atoms with Gasteiger partial charge >= 0.3 is 6.47 Å². The van der Waals surface area contributed by atoms with Crippen LogP contribution in [0.15, 0.2) is 0 Å². The first-order chi connectivity index (χ1) is 5.90. The summed E-state index contributed by atoms with van der Waals surface area (Å²) in [6.45, 7) is 1.59. The third kappa shape index (κ3) is 1.05. The van der Waals surface area contributed by atoms with Gasteiger partial charge in [-0.15, -0.1) is 0 Å². The van der Waals surface area contributed by atoms with Crippen LogP contribution < -0.4 is 0 Å². The minimum absolute atomic E-state index is 0.468. The number of hydrogen-bond acceptors (Lipinski definition) is 1. The zero-order chi connectivity index (χ0) is 7.97. The largest absolute Gasteiger partial charge is 0.473 e. The van der Waals surface area contributed by atoms with Gasteiger partial charge < -0.3 is 9.16 Å². The van der Waals surface area contributed by atoms with Crippen molar-refractivity contribution in [2.75, 3.05) is 0 Å². The smallest absolute Gasteiger partial charge is 0.321 e. The molecule has 12 heavy (non-hydrogen) atoms. The molecule has 0 aromatic carbocycles. The van der Waals surface area contributed by atoms with Gasteiger partial charge in [0.25, 0.3) is 0 Å². The summed E-state index contributed by atoms with van der Waals surface area (Å²) in [4.78, 5) is 0. The molecule has 0 aromatic rings. The van der Waals surface area contributed by atoms with Gasteiger partial charge in [-0.25, -0.2) is 0 Å². The molecule has 0 N–H and O–H groups in total. The summed E-state index contributed by atoms with van der Waals surface area (Å²) in [5.74, 6) is 1.78. The highest BCUT2D eigenvalue weighted by Gasteiger charge is 2.42. The summed E-state index contributed by atoms with van der Waals surface area (Å²) in [6, 6.07) is 0. The zero-order valence-corrected chi connectivity index (χ0v) is 7.24. The Labute approximate surface area is 72.6 Å². The van der Waals surface area contributed by atoms with Crippen molar-refractivity contribution in [1.82, 2.24) is 0 Å². The summed E-state index contributed by atoms with van der Waals surface area (Å²) in [6.07, 6.45) is 7.45. The molecule has 0 radical (unpaired) electrons. The van der Waals surface area contributed by atoms with Gasteiger partial charge in [-0.2, -0.15) is 0 Å². The Hall–Kier alpha value is -0.530. The maximum atomic E-state index is 5.51. The second-order valence-corrected chi connectivity index (χ2v) is 4.52. The SMILES string of the molecule is C1=[O+]C2CC3CC(CC(C3)O1)C2. The Balaban J connectivity index is 1.91. The zero-order valence-electron chi connectivity index (χ0n) is 7.24. The van der Waals surface area contributed by atoms with Crippen LogP contribution in [-0.2, 0) is 9.16 Å². The van der Waals surface area contributed by atoms with Crippen molar-refractivity contribution in [2.45, 2.75) is 44.3 Å². The molecule has 0 amide bonds. The minimum atomic E-state index is 0.468. The summed E-state index contributed by atoms with van der Waals surface area (Å²) >= 11 is 0. The van der Waals surface area contributed by atoms with Crippen molar-refractivity contribution in [3.63, 3.8) is 0 Å². The van der Waals surface area contributed by atoms with Crippen molar-refractivity contribution in [3.05, 3.63) is 0 Å². The summed E-state index contributed by atoms with van der Waals surface area (Å²) in [5.41, 5.74) is 0. The second-order valence-electron chi connectivity index (χ2n) is 4.52. The maximum absolute atomic E-state index is 5.51. The second kappa shape index (κ2) is 2.48. The van der Waals surface area contributed by atoms with Crippen LogP contribution in [0.25, 0.3) is 0 Å². The van der Waals surface area contributed by atoms with Crippen molar-refractivity contribution >= 4 is 6.47 Å². The average Bonchev–Trinajstić information content (AvgIpc) is 1.99. The number of hydrogen-bond donors (Lipinski definition) is 0. The van der Waals surface area contributed by atoms with E-state index in [4.69, 9.17) is 9.16 Å². The maximum Gasteiger partial charge on any atom is 0.473 e. The molecule has 0 saturated heterocycles. The predicted molar refractivity (Wildman–Crippen MR) is 44.8 cm³/mol. The fourth-order valence-electron chi connectivity index (χ4n) is 3.14. The van der Waals surface area contributed by atoms with E-state index < -0.39 is 0 Å². The van der Waals surface area contributed by atoms with E-state index in [0.717, 1.165) is 11.8 Å². The van der Waals surface area contributed by atoms with Gasteiger partial charge in [-0.3, -0.25) is 0 Å². The van der Waals surface area contributed by atoms with E-state index in [0.29, 0.717) is 12.2 Å². The molecule has 4 bridgehead atoms. The lowest BCUT2D eigenvalue weighted by Crippen LogP contribution is -2.39. The van der Waals surface area contributed by atoms with Crippen LogP contribution in [0.5, 0.6) is 0 Å². The third-order valence-corrected chi connectivity index (χ3v) is 3.55. The molecule has 2 aliphatic heterocycles. The molecular formula is C10H15O2+. The van der Waals surface area contributed by atoms with Crippen molar-refractivity contribution in [1.29, 1.82) is 0 Å². The Morgan fingerprint density at radius 1 is 1.00 bits per heavy atom. The van der Waals surface area contributed by atoms with Crippen molar-refractivity contribution in [2.24, 2.45) is 11.8 Å². The normalized spacial score (nSPS) is 50.0. The lowest BCUT2D eigenvalue weighted by Gasteiger charge is -2.37. The first-order valence-corrected chi connectivity index (χ1v) is 5.03. The van der Waals surface area contributed by atoms with Gasteiger partial charge in [-0.1, -0.05) is 0 Å². The van der Waals surface area contributed by atoms with E-state index in [2.05, 4.69) is 0 Å². The van der Waals surface area contributed by atoms with E-state index in [-0.39, 0.29) is 0 Å². The molecule has 66 valence electrons. The molecule has 0 aromatic heterocycles. The van der Waals surface area contributed by atoms with E-state index >= 15 is 0 Å².